The average molecular weight is 338 g/mol. The Morgan fingerprint density at radius 2 is 2.20 bits per heavy atom. The van der Waals surface area contributed by atoms with Crippen molar-refractivity contribution in [3.8, 4) is 17.1 Å². The fraction of sp³-hybridized carbons (Fsp3) is 0.368. The molecule has 6 nitrogen and oxygen atoms in total. The van der Waals surface area contributed by atoms with Crippen molar-refractivity contribution in [3.63, 3.8) is 0 Å². The second-order valence-corrected chi connectivity index (χ2v) is 6.42. The van der Waals surface area contributed by atoms with Gasteiger partial charge in [-0.2, -0.15) is 4.98 Å². The Hall–Kier alpha value is -2.60. The first kappa shape index (κ1) is 15.9. The lowest BCUT2D eigenvalue weighted by molar-refractivity contribution is 0.207. The molecule has 0 unspecified atom stereocenters. The molecule has 1 saturated heterocycles. The van der Waals surface area contributed by atoms with E-state index in [-0.39, 0.29) is 0 Å². The number of benzene rings is 1. The van der Waals surface area contributed by atoms with Gasteiger partial charge in [-0.1, -0.05) is 17.3 Å². The van der Waals surface area contributed by atoms with Crippen LogP contribution in [-0.4, -0.2) is 33.3 Å². The van der Waals surface area contributed by atoms with Crippen LogP contribution in [0.2, 0.25) is 0 Å². The van der Waals surface area contributed by atoms with E-state index in [9.17, 15) is 0 Å². The third-order valence-electron chi connectivity index (χ3n) is 4.82. The minimum Gasteiger partial charge on any atom is -0.497 e. The lowest BCUT2D eigenvalue weighted by Gasteiger charge is -2.23. The summed E-state index contributed by atoms with van der Waals surface area (Å²) >= 11 is 0. The molecular formula is C19H22N4O2. The summed E-state index contributed by atoms with van der Waals surface area (Å²) < 4.78 is 13.0. The summed E-state index contributed by atoms with van der Waals surface area (Å²) in [6, 6.07) is 12.4. The second-order valence-electron chi connectivity index (χ2n) is 6.42. The lowest BCUT2D eigenvalue weighted by Crippen LogP contribution is -2.24. The zero-order valence-corrected chi connectivity index (χ0v) is 14.6. The summed E-state index contributed by atoms with van der Waals surface area (Å²) in [5, 5.41) is 4.14. The van der Waals surface area contributed by atoms with Gasteiger partial charge in [0.25, 0.3) is 0 Å². The maximum atomic E-state index is 5.50. The molecule has 1 fully saturated rings. The minimum absolute atomic E-state index is 0.409. The molecule has 1 aliphatic rings. The van der Waals surface area contributed by atoms with Gasteiger partial charge in [-0.05, 0) is 43.7 Å². The van der Waals surface area contributed by atoms with Crippen molar-refractivity contribution in [3.05, 3.63) is 54.2 Å². The Morgan fingerprint density at radius 3 is 3.00 bits per heavy atom. The monoisotopic (exact) mass is 338 g/mol. The van der Waals surface area contributed by atoms with Gasteiger partial charge in [-0.25, -0.2) is 0 Å². The van der Waals surface area contributed by atoms with E-state index in [1.165, 1.54) is 12.1 Å². The summed E-state index contributed by atoms with van der Waals surface area (Å²) in [4.78, 5) is 6.99. The summed E-state index contributed by atoms with van der Waals surface area (Å²) in [6.07, 6.45) is 4.45. The number of aryl methyl sites for hydroxylation is 1. The van der Waals surface area contributed by atoms with Crippen molar-refractivity contribution < 1.29 is 9.26 Å². The first-order chi connectivity index (χ1) is 12.2. The first-order valence-corrected chi connectivity index (χ1v) is 8.57. The van der Waals surface area contributed by atoms with Crippen LogP contribution in [0, 0.1) is 0 Å². The third-order valence-corrected chi connectivity index (χ3v) is 4.82. The molecule has 3 aromatic rings. The molecule has 6 heteroatoms. The molecular weight excluding hydrogens is 316 g/mol. The molecule has 1 aromatic carbocycles. The highest BCUT2D eigenvalue weighted by Crippen LogP contribution is 2.33. The van der Waals surface area contributed by atoms with Gasteiger partial charge in [0.1, 0.15) is 5.75 Å². The molecule has 0 spiro atoms. The van der Waals surface area contributed by atoms with E-state index in [4.69, 9.17) is 9.26 Å². The molecule has 0 saturated carbocycles. The van der Waals surface area contributed by atoms with Gasteiger partial charge in [0.15, 0.2) is 0 Å². The Balaban J connectivity index is 1.52. The van der Waals surface area contributed by atoms with E-state index in [0.717, 1.165) is 24.3 Å². The highest BCUT2D eigenvalue weighted by atomic mass is 16.5. The molecule has 1 atom stereocenters. The minimum atomic E-state index is 0.409. The highest BCUT2D eigenvalue weighted by molar-refractivity contribution is 5.56. The van der Waals surface area contributed by atoms with Crippen LogP contribution in [0.15, 0.2) is 47.1 Å². The van der Waals surface area contributed by atoms with Gasteiger partial charge in [0.2, 0.25) is 11.7 Å². The van der Waals surface area contributed by atoms with E-state index in [1.807, 2.05) is 24.3 Å². The molecule has 2 aromatic heterocycles. The van der Waals surface area contributed by atoms with E-state index in [2.05, 4.69) is 45.0 Å². The maximum absolute atomic E-state index is 5.50. The normalized spacial score (nSPS) is 17.9. The quantitative estimate of drug-likeness (QED) is 0.713. The van der Waals surface area contributed by atoms with Crippen molar-refractivity contribution in [1.82, 2.24) is 19.6 Å². The predicted molar refractivity (Wildman–Crippen MR) is 94.1 cm³/mol. The molecule has 0 aliphatic carbocycles. The fourth-order valence-electron chi connectivity index (χ4n) is 3.54. The third kappa shape index (κ3) is 3.17. The van der Waals surface area contributed by atoms with Crippen LogP contribution in [0.3, 0.4) is 0 Å². The largest absolute Gasteiger partial charge is 0.497 e. The van der Waals surface area contributed by atoms with Crippen LogP contribution < -0.4 is 4.74 Å². The van der Waals surface area contributed by atoms with Gasteiger partial charge in [-0.15, -0.1) is 0 Å². The van der Waals surface area contributed by atoms with Crippen LogP contribution >= 0.6 is 0 Å². The van der Waals surface area contributed by atoms with Gasteiger partial charge in [0, 0.05) is 24.5 Å². The van der Waals surface area contributed by atoms with Gasteiger partial charge in [-0.3, -0.25) is 4.90 Å². The van der Waals surface area contributed by atoms with Crippen molar-refractivity contribution in [1.29, 1.82) is 0 Å². The molecule has 25 heavy (non-hydrogen) atoms. The Labute approximate surface area is 147 Å². The van der Waals surface area contributed by atoms with Crippen LogP contribution in [0.5, 0.6) is 5.75 Å². The highest BCUT2D eigenvalue weighted by Gasteiger charge is 2.29. The number of methoxy groups -OCH3 is 1. The Bertz CT molecular complexity index is 854. The topological polar surface area (TPSA) is 56.3 Å². The molecule has 1 aliphatic heterocycles. The maximum Gasteiger partial charge on any atom is 0.241 e. The molecule has 3 heterocycles. The number of nitrogens with zero attached hydrogens (tertiary/aromatic N) is 4. The molecule has 4 rings (SSSR count). The zero-order chi connectivity index (χ0) is 17.2. The van der Waals surface area contributed by atoms with Crippen LogP contribution in [0.1, 0.15) is 30.5 Å². The SMILES string of the molecule is COc1cccc(-c2noc(CN3CCC[C@H]3c3cccn3C)n2)c1. The van der Waals surface area contributed by atoms with Crippen molar-refractivity contribution in [2.24, 2.45) is 7.05 Å². The zero-order valence-electron chi connectivity index (χ0n) is 14.6. The van der Waals surface area contributed by atoms with Crippen LogP contribution in [-0.2, 0) is 13.6 Å². The fourth-order valence-corrected chi connectivity index (χ4v) is 3.54. The second kappa shape index (κ2) is 6.72. The summed E-state index contributed by atoms with van der Waals surface area (Å²) in [5.74, 6) is 2.04. The van der Waals surface area contributed by atoms with E-state index >= 15 is 0 Å². The number of hydrogen-bond acceptors (Lipinski definition) is 5. The molecule has 0 N–H and O–H groups in total. The summed E-state index contributed by atoms with van der Waals surface area (Å²) in [5.41, 5.74) is 2.24. The number of likely N-dealkylation sites (tertiary alicyclic amines) is 1. The number of ether oxygens (including phenoxy) is 1. The van der Waals surface area contributed by atoms with Gasteiger partial charge in [0.05, 0.1) is 19.7 Å². The van der Waals surface area contributed by atoms with Crippen LogP contribution in [0.25, 0.3) is 11.4 Å². The van der Waals surface area contributed by atoms with Gasteiger partial charge >= 0.3 is 0 Å². The average Bonchev–Trinajstić information content (AvgIpc) is 3.36. The first-order valence-electron chi connectivity index (χ1n) is 8.57. The number of rotatable bonds is 5. The van der Waals surface area contributed by atoms with Crippen molar-refractivity contribution in [2.45, 2.75) is 25.4 Å². The molecule has 130 valence electrons. The Morgan fingerprint density at radius 1 is 1.28 bits per heavy atom. The summed E-state index contributed by atoms with van der Waals surface area (Å²) in [7, 11) is 3.75. The Kier molecular flexibility index (Phi) is 4.28. The lowest BCUT2D eigenvalue weighted by atomic mass is 10.1. The van der Waals surface area contributed by atoms with E-state index in [0.29, 0.717) is 24.3 Å². The van der Waals surface area contributed by atoms with E-state index < -0.39 is 0 Å². The van der Waals surface area contributed by atoms with Crippen molar-refractivity contribution >= 4 is 0 Å². The number of hydrogen-bond donors (Lipinski definition) is 0. The van der Waals surface area contributed by atoms with Crippen molar-refractivity contribution in [2.75, 3.05) is 13.7 Å². The molecule has 0 radical (unpaired) electrons. The van der Waals surface area contributed by atoms with E-state index in [1.54, 1.807) is 7.11 Å². The number of aromatic nitrogens is 3. The smallest absolute Gasteiger partial charge is 0.241 e. The predicted octanol–water partition coefficient (Wildman–Crippen LogP) is 3.42. The summed E-state index contributed by atoms with van der Waals surface area (Å²) in [6.45, 7) is 1.72. The molecule has 0 bridgehead atoms. The van der Waals surface area contributed by atoms with Crippen LogP contribution in [0.4, 0.5) is 0 Å². The molecule has 0 amide bonds. The van der Waals surface area contributed by atoms with Gasteiger partial charge < -0.3 is 13.8 Å². The standard InChI is InChI=1S/C19H22N4O2/c1-22-10-4-8-16(22)17-9-5-11-23(17)13-18-20-19(21-25-18)14-6-3-7-15(12-14)24-2/h3-4,6-8,10,12,17H,5,9,11,13H2,1-2H3/t17-/m0/s1.